The number of nitrogens with zero attached hydrogens (tertiary/aromatic N) is 1. The number of benzene rings is 1. The molecule has 0 amide bonds. The van der Waals surface area contributed by atoms with E-state index in [4.69, 9.17) is 14.3 Å². The lowest BCUT2D eigenvalue weighted by Gasteiger charge is -2.17. The second kappa shape index (κ2) is 4.68. The molecule has 0 fully saturated rings. The van der Waals surface area contributed by atoms with Crippen LogP contribution in [0.3, 0.4) is 0 Å². The molecule has 1 aliphatic heterocycles. The summed E-state index contributed by atoms with van der Waals surface area (Å²) in [6, 6.07) is 7.47. The van der Waals surface area contributed by atoms with Gasteiger partial charge in [-0.25, -0.2) is 4.79 Å². The van der Waals surface area contributed by atoms with Crippen LogP contribution in [0.15, 0.2) is 29.4 Å². The van der Waals surface area contributed by atoms with Gasteiger partial charge in [0.05, 0.1) is 19.9 Å². The number of esters is 1. The molecule has 0 aliphatic carbocycles. The van der Waals surface area contributed by atoms with Gasteiger partial charge in [-0.2, -0.15) is 0 Å². The van der Waals surface area contributed by atoms with E-state index in [9.17, 15) is 4.79 Å². The minimum absolute atomic E-state index is 0.361. The van der Waals surface area contributed by atoms with Gasteiger partial charge in [-0.15, -0.1) is 0 Å². The van der Waals surface area contributed by atoms with Crippen LogP contribution in [0, 0.1) is 0 Å². The lowest BCUT2D eigenvalue weighted by molar-refractivity contribution is -0.164. The number of hydrogen-bond donors (Lipinski definition) is 0. The maximum Gasteiger partial charge on any atom is 0.353 e. The molecule has 96 valence electrons. The summed E-state index contributed by atoms with van der Waals surface area (Å²) in [5, 5.41) is 3.97. The minimum atomic E-state index is -1.05. The van der Waals surface area contributed by atoms with Gasteiger partial charge in [-0.05, 0) is 19.1 Å². The number of rotatable bonds is 3. The number of carbonyl (C=O) groups is 1. The molecule has 1 atom stereocenters. The highest BCUT2D eigenvalue weighted by Crippen LogP contribution is 2.30. The first-order chi connectivity index (χ1) is 8.60. The Kier molecular flexibility index (Phi) is 3.23. The molecule has 0 saturated carbocycles. The molecule has 1 aromatic carbocycles. The summed E-state index contributed by atoms with van der Waals surface area (Å²) < 4.78 is 9.97. The van der Waals surface area contributed by atoms with E-state index in [0.29, 0.717) is 17.9 Å². The highest BCUT2D eigenvalue weighted by molar-refractivity contribution is 6.06. The third-order valence-electron chi connectivity index (χ3n) is 2.90. The summed E-state index contributed by atoms with van der Waals surface area (Å²) in [4.78, 5) is 16.8. The zero-order valence-electron chi connectivity index (χ0n) is 10.6. The average Bonchev–Trinajstić information content (AvgIpc) is 2.81. The molecule has 0 bridgehead atoms. The fourth-order valence-corrected chi connectivity index (χ4v) is 1.89. The maximum absolute atomic E-state index is 11.6. The number of para-hydroxylation sites is 1. The fourth-order valence-electron chi connectivity index (χ4n) is 1.89. The monoisotopic (exact) mass is 249 g/mol. The first-order valence-electron chi connectivity index (χ1n) is 5.57. The summed E-state index contributed by atoms with van der Waals surface area (Å²) in [6.07, 6.45) is 0.361. The third kappa shape index (κ3) is 2.03. The highest BCUT2D eigenvalue weighted by Gasteiger charge is 2.43. The fraction of sp³-hybridized carbons (Fsp3) is 0.385. The van der Waals surface area contributed by atoms with E-state index in [1.807, 2.05) is 24.3 Å². The molecule has 0 spiro atoms. The van der Waals surface area contributed by atoms with Crippen LogP contribution in [0.1, 0.15) is 18.9 Å². The second-order valence-electron chi connectivity index (χ2n) is 4.23. The maximum atomic E-state index is 11.6. The minimum Gasteiger partial charge on any atom is -0.496 e. The van der Waals surface area contributed by atoms with Gasteiger partial charge < -0.3 is 14.3 Å². The van der Waals surface area contributed by atoms with Gasteiger partial charge in [0.25, 0.3) is 0 Å². The average molecular weight is 249 g/mol. The molecule has 1 unspecified atom stereocenters. The van der Waals surface area contributed by atoms with E-state index < -0.39 is 11.6 Å². The SMILES string of the molecule is COC(=O)C1(C)CC(c2ccccc2OC)=NO1. The van der Waals surface area contributed by atoms with Gasteiger partial charge in [0, 0.05) is 12.0 Å². The Labute approximate surface area is 105 Å². The standard InChI is InChI=1S/C13H15NO4/c1-13(12(15)17-3)8-10(14-18-13)9-6-4-5-7-11(9)16-2/h4-7H,8H2,1-3H3. The Balaban J connectivity index is 2.25. The van der Waals surface area contributed by atoms with Crippen molar-refractivity contribution >= 4 is 11.7 Å². The summed E-state index contributed by atoms with van der Waals surface area (Å²) in [5.74, 6) is 0.269. The van der Waals surface area contributed by atoms with E-state index in [1.165, 1.54) is 7.11 Å². The number of methoxy groups -OCH3 is 2. The first-order valence-corrected chi connectivity index (χ1v) is 5.57. The van der Waals surface area contributed by atoms with Crippen molar-refractivity contribution < 1.29 is 19.1 Å². The third-order valence-corrected chi connectivity index (χ3v) is 2.90. The van der Waals surface area contributed by atoms with Crippen LogP contribution in [0.5, 0.6) is 5.75 Å². The zero-order valence-corrected chi connectivity index (χ0v) is 10.6. The summed E-state index contributed by atoms with van der Waals surface area (Å²) >= 11 is 0. The van der Waals surface area contributed by atoms with Crippen LogP contribution >= 0.6 is 0 Å². The van der Waals surface area contributed by atoms with E-state index in [2.05, 4.69) is 5.16 Å². The summed E-state index contributed by atoms with van der Waals surface area (Å²) in [5.41, 5.74) is 0.457. The molecular formula is C13H15NO4. The van der Waals surface area contributed by atoms with Gasteiger partial charge >= 0.3 is 5.97 Å². The Morgan fingerprint density at radius 2 is 2.11 bits per heavy atom. The molecule has 18 heavy (non-hydrogen) atoms. The lowest BCUT2D eigenvalue weighted by Crippen LogP contribution is -2.36. The van der Waals surface area contributed by atoms with Crippen molar-refractivity contribution in [2.75, 3.05) is 14.2 Å². The molecule has 1 aliphatic rings. The van der Waals surface area contributed by atoms with Crippen LogP contribution in [-0.2, 0) is 14.4 Å². The van der Waals surface area contributed by atoms with E-state index in [1.54, 1.807) is 14.0 Å². The molecule has 1 aromatic rings. The first kappa shape index (κ1) is 12.4. The Morgan fingerprint density at radius 1 is 1.39 bits per heavy atom. The lowest BCUT2D eigenvalue weighted by atomic mass is 9.95. The molecular weight excluding hydrogens is 234 g/mol. The largest absolute Gasteiger partial charge is 0.496 e. The molecule has 0 aromatic heterocycles. The summed E-state index contributed by atoms with van der Waals surface area (Å²) in [6.45, 7) is 1.66. The van der Waals surface area contributed by atoms with Crippen LogP contribution in [-0.4, -0.2) is 31.5 Å². The molecule has 2 rings (SSSR count). The Morgan fingerprint density at radius 3 is 2.78 bits per heavy atom. The highest BCUT2D eigenvalue weighted by atomic mass is 16.7. The van der Waals surface area contributed by atoms with Crippen molar-refractivity contribution in [3.05, 3.63) is 29.8 Å². The normalized spacial score (nSPS) is 22.1. The van der Waals surface area contributed by atoms with E-state index in [0.717, 1.165) is 5.56 Å². The Hall–Kier alpha value is -2.04. The second-order valence-corrected chi connectivity index (χ2v) is 4.23. The number of oxime groups is 1. The van der Waals surface area contributed by atoms with Crippen LogP contribution in [0.25, 0.3) is 0 Å². The zero-order chi connectivity index (χ0) is 13.2. The number of ether oxygens (including phenoxy) is 2. The molecule has 0 saturated heterocycles. The Bertz CT molecular complexity index is 498. The van der Waals surface area contributed by atoms with Gasteiger partial charge in [0.15, 0.2) is 0 Å². The van der Waals surface area contributed by atoms with Crippen molar-refractivity contribution in [3.8, 4) is 5.75 Å². The molecule has 5 nitrogen and oxygen atoms in total. The van der Waals surface area contributed by atoms with Gasteiger partial charge in [0.1, 0.15) is 5.75 Å². The van der Waals surface area contributed by atoms with Gasteiger partial charge in [-0.3, -0.25) is 0 Å². The topological polar surface area (TPSA) is 57.1 Å². The van der Waals surface area contributed by atoms with E-state index >= 15 is 0 Å². The van der Waals surface area contributed by atoms with Gasteiger partial charge in [0.2, 0.25) is 5.60 Å². The van der Waals surface area contributed by atoms with Crippen molar-refractivity contribution in [3.63, 3.8) is 0 Å². The van der Waals surface area contributed by atoms with Crippen molar-refractivity contribution in [1.82, 2.24) is 0 Å². The van der Waals surface area contributed by atoms with E-state index in [-0.39, 0.29) is 0 Å². The molecule has 0 N–H and O–H groups in total. The summed E-state index contributed by atoms with van der Waals surface area (Å²) in [7, 11) is 2.92. The molecule has 0 radical (unpaired) electrons. The van der Waals surface area contributed by atoms with Crippen molar-refractivity contribution in [1.29, 1.82) is 0 Å². The van der Waals surface area contributed by atoms with Crippen LogP contribution < -0.4 is 4.74 Å². The quantitative estimate of drug-likeness (QED) is 0.766. The van der Waals surface area contributed by atoms with Crippen LogP contribution in [0.2, 0.25) is 0 Å². The van der Waals surface area contributed by atoms with Crippen molar-refractivity contribution in [2.45, 2.75) is 18.9 Å². The van der Waals surface area contributed by atoms with Crippen molar-refractivity contribution in [2.24, 2.45) is 5.16 Å². The number of carbonyl (C=O) groups excluding carboxylic acids is 1. The van der Waals surface area contributed by atoms with Crippen LogP contribution in [0.4, 0.5) is 0 Å². The number of hydrogen-bond acceptors (Lipinski definition) is 5. The molecule has 5 heteroatoms. The van der Waals surface area contributed by atoms with Gasteiger partial charge in [-0.1, -0.05) is 17.3 Å². The predicted octanol–water partition coefficient (Wildman–Crippen LogP) is 1.75. The molecule has 1 heterocycles. The smallest absolute Gasteiger partial charge is 0.353 e. The predicted molar refractivity (Wildman–Crippen MR) is 65.7 cm³/mol.